The maximum Gasteiger partial charge on any atom is 0.331 e. The lowest BCUT2D eigenvalue weighted by molar-refractivity contribution is -0.136. The van der Waals surface area contributed by atoms with Gasteiger partial charge in [-0.2, -0.15) is 5.26 Å². The Bertz CT molecular complexity index is 214. The largest absolute Gasteiger partial charge is 0.331 e. The second-order valence-electron chi connectivity index (χ2n) is 1.52. The van der Waals surface area contributed by atoms with Gasteiger partial charge in [0.25, 0.3) is 5.91 Å². The third-order valence-electron chi connectivity index (χ3n) is 0.905. The first kappa shape index (κ1) is 8.37. The fraction of sp³-hybridized carbons (Fsp3) is 0.167. The van der Waals surface area contributed by atoms with E-state index in [1.807, 2.05) is 0 Å². The second-order valence-corrected chi connectivity index (χ2v) is 1.52. The lowest BCUT2D eigenvalue weighted by atomic mass is 10.5. The molecular formula is C6H6N2O2. The summed E-state index contributed by atoms with van der Waals surface area (Å²) in [5, 5.41) is 8.02. The van der Waals surface area contributed by atoms with Crippen LogP contribution < -0.4 is 0 Å². The summed E-state index contributed by atoms with van der Waals surface area (Å²) in [4.78, 5) is 21.6. The van der Waals surface area contributed by atoms with E-state index in [0.29, 0.717) is 4.90 Å². The summed E-state index contributed by atoms with van der Waals surface area (Å²) in [5.41, 5.74) is 0. The van der Waals surface area contributed by atoms with Gasteiger partial charge < -0.3 is 0 Å². The van der Waals surface area contributed by atoms with Crippen molar-refractivity contribution in [2.75, 3.05) is 7.05 Å². The van der Waals surface area contributed by atoms with Crippen LogP contribution in [0.4, 0.5) is 0 Å². The summed E-state index contributed by atoms with van der Waals surface area (Å²) in [6, 6.07) is 1.30. The number of likely N-dealkylation sites (N-methyl/N-ethyl adjacent to an activating group) is 1. The van der Waals surface area contributed by atoms with Crippen LogP contribution in [0.2, 0.25) is 0 Å². The highest BCUT2D eigenvalue weighted by molar-refractivity contribution is 6.06. The normalized spacial score (nSPS) is 7.60. The van der Waals surface area contributed by atoms with Crippen LogP contribution >= 0.6 is 0 Å². The van der Waals surface area contributed by atoms with Gasteiger partial charge in [0.05, 0.1) is 0 Å². The Morgan fingerprint density at radius 1 is 1.70 bits per heavy atom. The van der Waals surface area contributed by atoms with Crippen LogP contribution in [-0.2, 0) is 9.59 Å². The van der Waals surface area contributed by atoms with E-state index in [9.17, 15) is 9.59 Å². The Labute approximate surface area is 58.3 Å². The number of carbonyl (C=O) groups excluding carboxylic acids is 2. The summed E-state index contributed by atoms with van der Waals surface area (Å²) in [7, 11) is 1.22. The third-order valence-corrected chi connectivity index (χ3v) is 0.905. The fourth-order valence-electron chi connectivity index (χ4n) is 0.312. The van der Waals surface area contributed by atoms with Crippen molar-refractivity contribution in [3.63, 3.8) is 0 Å². The Balaban J connectivity index is 4.24. The number of nitrogens with zero attached hydrogens (tertiary/aromatic N) is 2. The number of rotatable bonds is 1. The van der Waals surface area contributed by atoms with Crippen LogP contribution in [0.5, 0.6) is 0 Å². The van der Waals surface area contributed by atoms with Crippen LogP contribution in [0.3, 0.4) is 0 Å². The van der Waals surface area contributed by atoms with Gasteiger partial charge in [0.15, 0.2) is 6.07 Å². The Hall–Kier alpha value is -1.63. The van der Waals surface area contributed by atoms with Crippen LogP contribution in [0.1, 0.15) is 0 Å². The zero-order valence-corrected chi connectivity index (χ0v) is 5.50. The monoisotopic (exact) mass is 138 g/mol. The van der Waals surface area contributed by atoms with Gasteiger partial charge in [-0.3, -0.25) is 14.5 Å². The predicted octanol–water partition coefficient (Wildman–Crippen LogP) is -0.319. The summed E-state index contributed by atoms with van der Waals surface area (Å²) in [6.07, 6.45) is 0.967. The molecule has 0 aliphatic rings. The molecule has 0 aliphatic heterocycles. The Morgan fingerprint density at radius 2 is 2.20 bits per heavy atom. The van der Waals surface area contributed by atoms with Crippen molar-refractivity contribution in [2.24, 2.45) is 0 Å². The maximum absolute atomic E-state index is 10.5. The lowest BCUT2D eigenvalue weighted by Crippen LogP contribution is -2.30. The molecule has 10 heavy (non-hydrogen) atoms. The van der Waals surface area contributed by atoms with Gasteiger partial charge in [0.2, 0.25) is 0 Å². The van der Waals surface area contributed by atoms with Gasteiger partial charge in [-0.25, -0.2) is 0 Å². The lowest BCUT2D eigenvalue weighted by Gasteiger charge is -2.05. The van der Waals surface area contributed by atoms with Crippen molar-refractivity contribution < 1.29 is 9.59 Å². The highest BCUT2D eigenvalue weighted by Gasteiger charge is 2.11. The number of hydrogen-bond donors (Lipinski definition) is 0. The van der Waals surface area contributed by atoms with Crippen molar-refractivity contribution in [3.05, 3.63) is 12.7 Å². The summed E-state index contributed by atoms with van der Waals surface area (Å²) < 4.78 is 0. The van der Waals surface area contributed by atoms with Gasteiger partial charge in [0.1, 0.15) is 0 Å². The van der Waals surface area contributed by atoms with Crippen molar-refractivity contribution in [2.45, 2.75) is 0 Å². The molecule has 0 aromatic rings. The van der Waals surface area contributed by atoms with E-state index in [4.69, 9.17) is 5.26 Å². The summed E-state index contributed by atoms with van der Waals surface area (Å²) >= 11 is 0. The van der Waals surface area contributed by atoms with E-state index in [2.05, 4.69) is 6.58 Å². The summed E-state index contributed by atoms with van der Waals surface area (Å²) in [6.45, 7) is 3.15. The molecule has 0 spiro atoms. The van der Waals surface area contributed by atoms with Crippen molar-refractivity contribution in [3.8, 4) is 6.07 Å². The molecule has 0 rings (SSSR count). The molecule has 0 atom stereocenters. The number of imide groups is 1. The minimum atomic E-state index is -0.884. The average Bonchev–Trinajstić information content (AvgIpc) is 2.00. The Morgan fingerprint density at radius 3 is 2.50 bits per heavy atom. The number of nitriles is 1. The van der Waals surface area contributed by atoms with Gasteiger partial charge in [0, 0.05) is 7.05 Å². The van der Waals surface area contributed by atoms with E-state index in [0.717, 1.165) is 6.08 Å². The molecule has 0 unspecified atom stereocenters. The van der Waals surface area contributed by atoms with Gasteiger partial charge in [-0.15, -0.1) is 0 Å². The molecule has 0 radical (unpaired) electrons. The number of hydrogen-bond acceptors (Lipinski definition) is 3. The molecule has 0 aromatic carbocycles. The second kappa shape index (κ2) is 3.41. The van der Waals surface area contributed by atoms with Crippen molar-refractivity contribution >= 4 is 11.8 Å². The van der Waals surface area contributed by atoms with Crippen LogP contribution in [-0.4, -0.2) is 23.8 Å². The zero-order valence-electron chi connectivity index (χ0n) is 5.50. The molecule has 0 N–H and O–H groups in total. The van der Waals surface area contributed by atoms with Crippen molar-refractivity contribution in [1.29, 1.82) is 5.26 Å². The predicted molar refractivity (Wildman–Crippen MR) is 33.6 cm³/mol. The van der Waals surface area contributed by atoms with Crippen molar-refractivity contribution in [1.82, 2.24) is 4.90 Å². The highest BCUT2D eigenvalue weighted by Crippen LogP contribution is 1.84. The average molecular weight is 138 g/mol. The van der Waals surface area contributed by atoms with E-state index in [-0.39, 0.29) is 0 Å². The van der Waals surface area contributed by atoms with Crippen LogP contribution in [0.25, 0.3) is 0 Å². The zero-order chi connectivity index (χ0) is 8.15. The molecule has 0 fully saturated rings. The van der Waals surface area contributed by atoms with Gasteiger partial charge >= 0.3 is 5.91 Å². The minimum absolute atomic E-state index is 0.577. The molecule has 0 aliphatic carbocycles. The maximum atomic E-state index is 10.5. The molecule has 52 valence electrons. The first-order valence-electron chi connectivity index (χ1n) is 2.47. The molecule has 4 heteroatoms. The SMILES string of the molecule is C=CC(=O)N(C)C(=O)C#N. The van der Waals surface area contributed by atoms with Gasteiger partial charge in [-0.1, -0.05) is 6.58 Å². The standard InChI is InChI=1S/C6H6N2O2/c1-3-5(9)8(2)6(10)4-7/h3H,1H2,2H3. The highest BCUT2D eigenvalue weighted by atomic mass is 16.2. The smallest absolute Gasteiger partial charge is 0.269 e. The number of carbonyl (C=O) groups is 2. The third kappa shape index (κ3) is 1.71. The molecule has 0 aromatic heterocycles. The molecule has 2 amide bonds. The minimum Gasteiger partial charge on any atom is -0.269 e. The van der Waals surface area contributed by atoms with Crippen LogP contribution in [0, 0.1) is 11.3 Å². The van der Waals surface area contributed by atoms with E-state index < -0.39 is 11.8 Å². The summed E-state index contributed by atoms with van der Waals surface area (Å²) in [5.74, 6) is -1.46. The quantitative estimate of drug-likeness (QED) is 0.368. The first-order valence-corrected chi connectivity index (χ1v) is 2.47. The van der Waals surface area contributed by atoms with Gasteiger partial charge in [-0.05, 0) is 6.08 Å². The Kier molecular flexibility index (Phi) is 2.85. The fourth-order valence-corrected chi connectivity index (χ4v) is 0.312. The first-order chi connectivity index (χ1) is 4.63. The molecular weight excluding hydrogens is 132 g/mol. The van der Waals surface area contributed by atoms with E-state index in [1.165, 1.54) is 13.1 Å². The molecule has 0 heterocycles. The molecule has 0 saturated carbocycles. The molecule has 0 saturated heterocycles. The molecule has 0 bridgehead atoms. The number of amides is 2. The topological polar surface area (TPSA) is 61.2 Å². The van der Waals surface area contributed by atoms with Crippen LogP contribution in [0.15, 0.2) is 12.7 Å². The van der Waals surface area contributed by atoms with E-state index >= 15 is 0 Å². The van der Waals surface area contributed by atoms with E-state index in [1.54, 1.807) is 0 Å². The molecule has 4 nitrogen and oxygen atoms in total.